The molecule has 1 aromatic carbocycles. The molecule has 5 rings (SSSR count). The van der Waals surface area contributed by atoms with Crippen LogP contribution in [0.15, 0.2) is 24.3 Å². The number of aliphatic hydroxyl groups is 1. The van der Waals surface area contributed by atoms with Gasteiger partial charge in [-0.3, -0.25) is 4.79 Å². The van der Waals surface area contributed by atoms with Gasteiger partial charge in [-0.25, -0.2) is 4.98 Å². The van der Waals surface area contributed by atoms with Gasteiger partial charge in [-0.1, -0.05) is 23.5 Å². The zero-order valence-corrected chi connectivity index (χ0v) is 18.3. The van der Waals surface area contributed by atoms with E-state index in [1.807, 2.05) is 17.0 Å². The average Bonchev–Trinajstić information content (AvgIpc) is 3.32. The van der Waals surface area contributed by atoms with Crippen LogP contribution in [0.5, 0.6) is 11.5 Å². The minimum atomic E-state index is -0.0738. The number of hydrogen-bond acceptors (Lipinski definition) is 8. The van der Waals surface area contributed by atoms with Gasteiger partial charge in [0.15, 0.2) is 23.2 Å². The van der Waals surface area contributed by atoms with Crippen molar-refractivity contribution in [2.24, 2.45) is 0 Å². The van der Waals surface area contributed by atoms with E-state index in [9.17, 15) is 4.79 Å². The number of piperazine rings is 1. The lowest BCUT2D eigenvalue weighted by Crippen LogP contribution is -2.51. The summed E-state index contributed by atoms with van der Waals surface area (Å²) < 4.78 is 11.2. The van der Waals surface area contributed by atoms with Gasteiger partial charge in [-0.05, 0) is 25.0 Å². The number of hydrogen-bond donors (Lipinski definition) is 2. The van der Waals surface area contributed by atoms with Gasteiger partial charge in [0.1, 0.15) is 6.61 Å². The maximum Gasteiger partial charge on any atom is 0.260 e. The number of fused-ring (bicyclic) bond motifs is 3. The van der Waals surface area contributed by atoms with Crippen molar-refractivity contribution in [1.82, 2.24) is 15.2 Å². The summed E-state index contributed by atoms with van der Waals surface area (Å²) in [4.78, 5) is 23.3. The lowest BCUT2D eigenvalue weighted by Gasteiger charge is -2.35. The highest BCUT2D eigenvalue weighted by Gasteiger charge is 2.39. The fourth-order valence-corrected chi connectivity index (χ4v) is 5.94. The molecular formula is C22H28N4O4S. The quantitative estimate of drug-likeness (QED) is 0.668. The fraction of sp³-hybridized carbons (Fsp3) is 0.545. The van der Waals surface area contributed by atoms with E-state index in [0.717, 1.165) is 30.3 Å². The Morgan fingerprint density at radius 3 is 2.68 bits per heavy atom. The van der Waals surface area contributed by atoms with Gasteiger partial charge in [-0.15, -0.1) is 0 Å². The van der Waals surface area contributed by atoms with E-state index in [1.165, 1.54) is 17.7 Å². The largest absolute Gasteiger partial charge is 0.487 e. The molecule has 2 N–H and O–H groups in total. The Morgan fingerprint density at radius 2 is 1.94 bits per heavy atom. The lowest BCUT2D eigenvalue weighted by molar-refractivity contribution is -0.134. The van der Waals surface area contributed by atoms with E-state index in [2.05, 4.69) is 10.2 Å². The Bertz CT molecular complexity index is 920. The van der Waals surface area contributed by atoms with Gasteiger partial charge in [0.05, 0.1) is 18.8 Å². The number of aromatic nitrogens is 1. The van der Waals surface area contributed by atoms with Crippen molar-refractivity contribution in [3.05, 3.63) is 34.8 Å². The number of thiazole rings is 1. The van der Waals surface area contributed by atoms with Crippen molar-refractivity contribution < 1.29 is 19.4 Å². The van der Waals surface area contributed by atoms with Crippen LogP contribution in [0.4, 0.5) is 5.13 Å². The molecular weight excluding hydrogens is 416 g/mol. The monoisotopic (exact) mass is 444 g/mol. The molecule has 3 aliphatic rings. The Kier molecular flexibility index (Phi) is 5.97. The number of aliphatic hydroxyl groups excluding tert-OH is 1. The summed E-state index contributed by atoms with van der Waals surface area (Å²) in [6, 6.07) is 8.30. The molecule has 0 saturated carbocycles. The van der Waals surface area contributed by atoms with E-state index in [0.29, 0.717) is 36.7 Å². The molecule has 166 valence electrons. The van der Waals surface area contributed by atoms with Crippen LogP contribution in [0, 0.1) is 0 Å². The highest BCUT2D eigenvalue weighted by Crippen LogP contribution is 2.38. The smallest absolute Gasteiger partial charge is 0.260 e. The summed E-state index contributed by atoms with van der Waals surface area (Å²) in [6.07, 6.45) is 3.25. The number of para-hydroxylation sites is 2. The second-order valence-electron chi connectivity index (χ2n) is 8.19. The number of carbonyl (C=O) groups excluding carboxylic acids is 1. The molecule has 2 fully saturated rings. The zero-order valence-electron chi connectivity index (χ0n) is 17.5. The third-order valence-corrected chi connectivity index (χ3v) is 7.32. The molecule has 31 heavy (non-hydrogen) atoms. The second-order valence-corrected chi connectivity index (χ2v) is 9.25. The Hall–Kier alpha value is -2.36. The summed E-state index contributed by atoms with van der Waals surface area (Å²) in [7, 11) is 0. The first-order valence-electron chi connectivity index (χ1n) is 10.9. The predicted molar refractivity (Wildman–Crippen MR) is 118 cm³/mol. The molecule has 3 aliphatic heterocycles. The number of nitrogens with zero attached hydrogens (tertiary/aromatic N) is 3. The van der Waals surface area contributed by atoms with Crippen molar-refractivity contribution in [2.45, 2.75) is 37.9 Å². The normalized spacial score (nSPS) is 22.4. The van der Waals surface area contributed by atoms with Gasteiger partial charge in [0, 0.05) is 43.0 Å². The molecule has 1 amide bonds. The van der Waals surface area contributed by atoms with Crippen molar-refractivity contribution >= 4 is 22.4 Å². The van der Waals surface area contributed by atoms with Gasteiger partial charge < -0.3 is 29.7 Å². The molecule has 0 spiro atoms. The highest BCUT2D eigenvalue weighted by molar-refractivity contribution is 7.15. The summed E-state index contributed by atoms with van der Waals surface area (Å²) >= 11 is 1.75. The summed E-state index contributed by atoms with van der Waals surface area (Å²) in [5, 5.41) is 13.6. The van der Waals surface area contributed by atoms with Crippen LogP contribution in [-0.2, 0) is 17.8 Å². The molecule has 8 nitrogen and oxygen atoms in total. The Morgan fingerprint density at radius 1 is 1.19 bits per heavy atom. The number of benzene rings is 1. The summed E-state index contributed by atoms with van der Waals surface area (Å²) in [5.74, 6) is 0.999. The number of ether oxygens (including phenoxy) is 2. The van der Waals surface area contributed by atoms with Crippen LogP contribution in [0.3, 0.4) is 0 Å². The van der Waals surface area contributed by atoms with Crippen LogP contribution in [-0.4, -0.2) is 72.4 Å². The summed E-state index contributed by atoms with van der Waals surface area (Å²) in [6.45, 7) is 3.40. The molecule has 4 heterocycles. The maximum atomic E-state index is 12.8. The molecule has 2 bridgehead atoms. The minimum absolute atomic E-state index is 0.0393. The molecule has 2 unspecified atom stereocenters. The van der Waals surface area contributed by atoms with E-state index in [-0.39, 0.29) is 25.7 Å². The van der Waals surface area contributed by atoms with Gasteiger partial charge >= 0.3 is 0 Å². The lowest BCUT2D eigenvalue weighted by atomic mass is 10.2. The van der Waals surface area contributed by atoms with Gasteiger partial charge in [0.2, 0.25) is 0 Å². The van der Waals surface area contributed by atoms with Crippen molar-refractivity contribution in [3.8, 4) is 11.5 Å². The molecule has 1 aromatic heterocycles. The van der Waals surface area contributed by atoms with Crippen LogP contribution in [0.1, 0.15) is 23.4 Å². The van der Waals surface area contributed by atoms with E-state index >= 15 is 0 Å². The first kappa shape index (κ1) is 20.5. The SMILES string of the molecule is O=C(COc1ccccc1OCCO)N1CCc2nc(N3C4CCC3CNC4)sc2C1. The standard InChI is InChI=1S/C22H28N4O4S/c27-9-10-29-18-3-1-2-4-19(18)30-14-21(28)25-8-7-17-20(13-25)31-22(24-17)26-15-5-6-16(26)12-23-11-15/h1-4,15-16,23,27H,5-14H2. The Balaban J connectivity index is 1.21. The van der Waals surface area contributed by atoms with Crippen LogP contribution < -0.4 is 19.7 Å². The number of rotatable bonds is 7. The van der Waals surface area contributed by atoms with Gasteiger partial charge in [-0.2, -0.15) is 0 Å². The first-order chi connectivity index (χ1) is 15.2. The van der Waals surface area contributed by atoms with Crippen LogP contribution in [0.25, 0.3) is 0 Å². The third kappa shape index (κ3) is 4.22. The molecule has 9 heteroatoms. The Labute approximate surface area is 185 Å². The zero-order chi connectivity index (χ0) is 21.2. The van der Waals surface area contributed by atoms with Crippen molar-refractivity contribution in [3.63, 3.8) is 0 Å². The second kappa shape index (κ2) is 9.02. The molecule has 2 saturated heterocycles. The number of nitrogens with one attached hydrogen (secondary N) is 1. The van der Waals surface area contributed by atoms with Gasteiger partial charge in [0.25, 0.3) is 5.91 Å². The summed E-state index contributed by atoms with van der Waals surface area (Å²) in [5.41, 5.74) is 1.14. The number of carbonyl (C=O) groups is 1. The topological polar surface area (TPSA) is 87.2 Å². The number of anilines is 1. The predicted octanol–water partition coefficient (Wildman–Crippen LogP) is 1.42. The maximum absolute atomic E-state index is 12.8. The third-order valence-electron chi connectivity index (χ3n) is 6.22. The highest BCUT2D eigenvalue weighted by atomic mass is 32.1. The van der Waals surface area contributed by atoms with Crippen molar-refractivity contribution in [1.29, 1.82) is 0 Å². The number of amides is 1. The van der Waals surface area contributed by atoms with Crippen molar-refractivity contribution in [2.75, 3.05) is 44.4 Å². The van der Waals surface area contributed by atoms with Crippen LogP contribution >= 0.6 is 11.3 Å². The fourth-order valence-electron chi connectivity index (χ4n) is 4.67. The van der Waals surface area contributed by atoms with E-state index in [4.69, 9.17) is 19.6 Å². The molecule has 0 aliphatic carbocycles. The van der Waals surface area contributed by atoms with Crippen LogP contribution in [0.2, 0.25) is 0 Å². The van der Waals surface area contributed by atoms with E-state index < -0.39 is 0 Å². The minimum Gasteiger partial charge on any atom is -0.487 e. The molecule has 0 radical (unpaired) electrons. The average molecular weight is 445 g/mol. The van der Waals surface area contributed by atoms with E-state index in [1.54, 1.807) is 23.5 Å². The first-order valence-corrected chi connectivity index (χ1v) is 11.8. The molecule has 2 aromatic rings. The molecule has 2 atom stereocenters.